The normalized spacial score (nSPS) is 12.0. The molecule has 0 unspecified atom stereocenters. The number of benzene rings is 2. The van der Waals surface area contributed by atoms with Crippen molar-refractivity contribution >= 4 is 40.7 Å². The van der Waals surface area contributed by atoms with Crippen LogP contribution in [0.4, 0.5) is 20.3 Å². The minimum Gasteiger partial charge on any atom is -0.453 e. The Morgan fingerprint density at radius 2 is 1.86 bits per heavy atom. The highest BCUT2D eigenvalue weighted by atomic mass is 32.1. The first-order chi connectivity index (χ1) is 20.6. The zero-order chi connectivity index (χ0) is 30.8. The maximum atomic E-state index is 15.2. The molecule has 43 heavy (non-hydrogen) atoms. The van der Waals surface area contributed by atoms with Crippen LogP contribution >= 0.6 is 12.2 Å². The van der Waals surface area contributed by atoms with Gasteiger partial charge in [-0.3, -0.25) is 14.7 Å². The number of aromatic nitrogens is 6. The lowest BCUT2D eigenvalue weighted by atomic mass is 10.2. The first-order valence-corrected chi connectivity index (χ1v) is 13.5. The molecule has 0 saturated carbocycles. The molecule has 15 heteroatoms. The van der Waals surface area contributed by atoms with Crippen molar-refractivity contribution in [1.29, 1.82) is 0 Å². The number of aromatic amines is 1. The standard InChI is InChI=1S/C28H26F2N8O4S/c1-14(2)38-28(43)37(18-7-4-16(29)5-8-18)27(41)23(36-38)26(40)33-17-6-9-20(19(30)12-17)42-21-10-11-31-24-22(21)25(35-34-24)32-15(3)13-39/h4-12,14-15,39H,13H2,1-3H3,(H,33,40)(H2,31,32,34,35)/t15-/m1/s1. The number of H-pyrrole nitrogens is 1. The third kappa shape index (κ3) is 5.98. The molecular formula is C28H26F2N8O4S. The van der Waals surface area contributed by atoms with Gasteiger partial charge in [0.1, 0.15) is 17.0 Å². The molecule has 5 rings (SSSR count). The molecule has 0 saturated heterocycles. The van der Waals surface area contributed by atoms with Gasteiger partial charge >= 0.3 is 0 Å². The Labute approximate surface area is 248 Å². The van der Waals surface area contributed by atoms with E-state index in [9.17, 15) is 19.1 Å². The molecule has 4 N–H and O–H groups in total. The van der Waals surface area contributed by atoms with Crippen molar-refractivity contribution in [3.05, 3.63) is 87.2 Å². The molecule has 3 aromatic heterocycles. The molecule has 0 aliphatic carbocycles. The quantitative estimate of drug-likeness (QED) is 0.174. The van der Waals surface area contributed by atoms with E-state index in [4.69, 9.17) is 17.0 Å². The highest BCUT2D eigenvalue weighted by molar-refractivity contribution is 7.71. The molecule has 0 fully saturated rings. The van der Waals surface area contributed by atoms with E-state index < -0.39 is 28.8 Å². The summed E-state index contributed by atoms with van der Waals surface area (Å²) in [7, 11) is 0. The fourth-order valence-corrected chi connectivity index (χ4v) is 4.59. The minimum atomic E-state index is -0.902. The Balaban J connectivity index is 1.44. The van der Waals surface area contributed by atoms with Crippen LogP contribution in [0, 0.1) is 16.4 Å². The number of aliphatic hydroxyl groups excluding tert-OH is 1. The second-order valence-electron chi connectivity index (χ2n) is 9.82. The van der Waals surface area contributed by atoms with Gasteiger partial charge in [0, 0.05) is 36.1 Å². The van der Waals surface area contributed by atoms with Crippen molar-refractivity contribution in [1.82, 2.24) is 29.5 Å². The molecule has 0 bridgehead atoms. The summed E-state index contributed by atoms with van der Waals surface area (Å²) in [5.74, 6) is -1.76. The topological polar surface area (TPSA) is 152 Å². The lowest BCUT2D eigenvalue weighted by Gasteiger charge is -2.16. The Bertz CT molecular complexity index is 1940. The van der Waals surface area contributed by atoms with E-state index in [2.05, 4.69) is 30.9 Å². The largest absolute Gasteiger partial charge is 0.453 e. The van der Waals surface area contributed by atoms with E-state index in [-0.39, 0.29) is 46.3 Å². The summed E-state index contributed by atoms with van der Waals surface area (Å²) >= 11 is 5.44. The predicted octanol–water partition coefficient (Wildman–Crippen LogP) is 4.73. The molecule has 0 aliphatic heterocycles. The van der Waals surface area contributed by atoms with Crippen molar-refractivity contribution in [2.24, 2.45) is 0 Å². The number of nitrogens with one attached hydrogen (secondary N) is 3. The fourth-order valence-electron chi connectivity index (χ4n) is 4.15. The van der Waals surface area contributed by atoms with Crippen molar-refractivity contribution in [2.75, 3.05) is 17.2 Å². The van der Waals surface area contributed by atoms with E-state index in [1.165, 1.54) is 53.3 Å². The van der Waals surface area contributed by atoms with Gasteiger partial charge in [0.15, 0.2) is 23.0 Å². The van der Waals surface area contributed by atoms with Gasteiger partial charge in [-0.05, 0) is 69.4 Å². The van der Waals surface area contributed by atoms with Crippen LogP contribution in [0.25, 0.3) is 16.7 Å². The van der Waals surface area contributed by atoms with Crippen LogP contribution in [0.3, 0.4) is 0 Å². The van der Waals surface area contributed by atoms with E-state index in [1.54, 1.807) is 20.8 Å². The fraction of sp³-hybridized carbons (Fsp3) is 0.214. The van der Waals surface area contributed by atoms with Crippen LogP contribution in [0.1, 0.15) is 37.3 Å². The summed E-state index contributed by atoms with van der Waals surface area (Å²) < 4.78 is 37.0. The van der Waals surface area contributed by atoms with Crippen molar-refractivity contribution in [3.8, 4) is 17.2 Å². The zero-order valence-electron chi connectivity index (χ0n) is 23.1. The zero-order valence-corrected chi connectivity index (χ0v) is 23.9. The number of hydrogen-bond acceptors (Lipinski definition) is 9. The number of pyridine rings is 1. The third-order valence-corrected chi connectivity index (χ3v) is 6.65. The smallest absolute Gasteiger partial charge is 0.290 e. The number of amides is 1. The number of carbonyl (C=O) groups is 1. The summed E-state index contributed by atoms with van der Waals surface area (Å²) in [4.78, 5) is 30.8. The second kappa shape index (κ2) is 12.1. The van der Waals surface area contributed by atoms with Crippen molar-refractivity contribution in [2.45, 2.75) is 32.9 Å². The minimum absolute atomic E-state index is 0.0164. The van der Waals surface area contributed by atoms with E-state index in [0.29, 0.717) is 16.9 Å². The number of ether oxygens (including phenoxy) is 1. The van der Waals surface area contributed by atoms with Gasteiger partial charge in [-0.25, -0.2) is 23.0 Å². The van der Waals surface area contributed by atoms with Gasteiger partial charge in [0.2, 0.25) is 10.5 Å². The van der Waals surface area contributed by atoms with Crippen LogP contribution < -0.4 is 20.9 Å². The summed E-state index contributed by atoms with van der Waals surface area (Å²) in [5.41, 5.74) is -0.652. The first-order valence-electron chi connectivity index (χ1n) is 13.1. The van der Waals surface area contributed by atoms with Crippen LogP contribution in [-0.4, -0.2) is 53.2 Å². The maximum absolute atomic E-state index is 15.2. The molecule has 12 nitrogen and oxygen atoms in total. The van der Waals surface area contributed by atoms with Gasteiger partial charge < -0.3 is 20.5 Å². The molecular weight excluding hydrogens is 582 g/mol. The van der Waals surface area contributed by atoms with Crippen molar-refractivity contribution in [3.63, 3.8) is 0 Å². The third-order valence-electron chi connectivity index (χ3n) is 6.28. The van der Waals surface area contributed by atoms with Gasteiger partial charge in [-0.2, -0.15) is 10.2 Å². The first kappa shape index (κ1) is 29.5. The van der Waals surface area contributed by atoms with Crippen LogP contribution in [0.15, 0.2) is 59.5 Å². The summed E-state index contributed by atoms with van der Waals surface area (Å²) in [6.45, 7) is 5.15. The van der Waals surface area contributed by atoms with Crippen LogP contribution in [0.2, 0.25) is 0 Å². The number of hydrogen-bond donors (Lipinski definition) is 4. The number of fused-ring (bicyclic) bond motifs is 1. The number of rotatable bonds is 9. The van der Waals surface area contributed by atoms with Crippen molar-refractivity contribution < 1.29 is 23.4 Å². The molecule has 222 valence electrons. The molecule has 0 spiro atoms. The molecule has 1 atom stereocenters. The van der Waals surface area contributed by atoms with Gasteiger partial charge in [-0.15, -0.1) is 0 Å². The SMILES string of the molecule is CC(C)n1nc(C(=O)Nc2ccc(Oc3ccnc4[nH]nc(N[C@H](C)CO)c34)c(F)c2)c(=O)n(-c2ccc(F)cc2)c1=S. The maximum Gasteiger partial charge on any atom is 0.290 e. The summed E-state index contributed by atoms with van der Waals surface area (Å²) in [6, 6.07) is 9.69. The Hall–Kier alpha value is -5.02. The van der Waals surface area contributed by atoms with E-state index in [0.717, 1.165) is 10.6 Å². The average Bonchev–Trinajstić information content (AvgIpc) is 3.38. The molecule has 0 radical (unpaired) electrons. The Kier molecular flexibility index (Phi) is 8.27. The number of anilines is 2. The summed E-state index contributed by atoms with van der Waals surface area (Å²) in [5, 5.41) is 26.4. The summed E-state index contributed by atoms with van der Waals surface area (Å²) in [6.07, 6.45) is 1.46. The molecule has 0 aliphatic rings. The lowest BCUT2D eigenvalue weighted by molar-refractivity contribution is 0.101. The van der Waals surface area contributed by atoms with Gasteiger partial charge in [0.05, 0.1) is 12.3 Å². The Morgan fingerprint density at radius 1 is 1.12 bits per heavy atom. The highest BCUT2D eigenvalue weighted by Crippen LogP contribution is 2.34. The number of nitrogens with zero attached hydrogens (tertiary/aromatic N) is 5. The predicted molar refractivity (Wildman–Crippen MR) is 157 cm³/mol. The Morgan fingerprint density at radius 3 is 2.53 bits per heavy atom. The van der Waals surface area contributed by atoms with Gasteiger partial charge in [-0.1, -0.05) is 0 Å². The number of aliphatic hydroxyl groups is 1. The van der Waals surface area contributed by atoms with Gasteiger partial charge in [0.25, 0.3) is 11.5 Å². The van der Waals surface area contributed by atoms with E-state index >= 15 is 4.39 Å². The van der Waals surface area contributed by atoms with Crippen LogP contribution in [-0.2, 0) is 0 Å². The lowest BCUT2D eigenvalue weighted by Crippen LogP contribution is -2.34. The van der Waals surface area contributed by atoms with E-state index in [1.807, 2.05) is 0 Å². The molecule has 2 aromatic carbocycles. The monoisotopic (exact) mass is 608 g/mol. The molecule has 3 heterocycles. The number of halogens is 2. The molecule has 1 amide bonds. The average molecular weight is 609 g/mol. The molecule has 5 aromatic rings. The second-order valence-corrected chi connectivity index (χ2v) is 10.2. The van der Waals surface area contributed by atoms with Crippen LogP contribution in [0.5, 0.6) is 11.5 Å². The highest BCUT2D eigenvalue weighted by Gasteiger charge is 2.22. The number of carbonyl (C=O) groups excluding carboxylic acids is 1.